The second kappa shape index (κ2) is 3.48. The Bertz CT molecular complexity index is 667. The number of aromatic nitrogens is 1. The van der Waals surface area contributed by atoms with E-state index < -0.39 is 0 Å². The first-order chi connectivity index (χ1) is 8.84. The van der Waals surface area contributed by atoms with Gasteiger partial charge in [-0.1, -0.05) is 12.1 Å². The van der Waals surface area contributed by atoms with Crippen LogP contribution in [0.1, 0.15) is 18.2 Å². The van der Waals surface area contributed by atoms with Gasteiger partial charge in [0.15, 0.2) is 0 Å². The maximum Gasteiger partial charge on any atom is 0.129 e. The number of hydrogen-bond donors (Lipinski definition) is 0. The minimum atomic E-state index is 0.666. The number of ether oxygens (including phenoxy) is 1. The standard InChI is InChI=1S/C15H14N2O/c1-10-13-8-11-9-18-14-5-3-2-4-12(14)15(11)17(13)7-6-16-10/h2-5,8H,6-7,9H2,1H3. The Kier molecular flexibility index (Phi) is 1.92. The molecule has 0 saturated carbocycles. The Morgan fingerprint density at radius 1 is 1.28 bits per heavy atom. The SMILES string of the molecule is CC1=NCCn2c1cc1c2-c2ccccc2OC1. The molecule has 0 aliphatic carbocycles. The number of fused-ring (bicyclic) bond motifs is 5. The third-order valence-corrected chi connectivity index (χ3v) is 3.74. The van der Waals surface area contributed by atoms with Gasteiger partial charge in [-0.2, -0.15) is 0 Å². The lowest BCUT2D eigenvalue weighted by atomic mass is 10.0. The number of hydrogen-bond acceptors (Lipinski definition) is 2. The second-order valence-corrected chi connectivity index (χ2v) is 4.81. The molecule has 0 amide bonds. The smallest absolute Gasteiger partial charge is 0.129 e. The van der Waals surface area contributed by atoms with Gasteiger partial charge in [0.1, 0.15) is 12.4 Å². The highest BCUT2D eigenvalue weighted by atomic mass is 16.5. The predicted octanol–water partition coefficient (Wildman–Crippen LogP) is 2.87. The minimum Gasteiger partial charge on any atom is -0.488 e. The molecule has 4 rings (SSSR count). The maximum atomic E-state index is 5.81. The van der Waals surface area contributed by atoms with Gasteiger partial charge in [-0.25, -0.2) is 0 Å². The summed E-state index contributed by atoms with van der Waals surface area (Å²) in [6.45, 7) is 4.60. The number of benzene rings is 1. The molecule has 0 saturated heterocycles. The number of aliphatic imine (C=N–C) groups is 1. The van der Waals surface area contributed by atoms with Crippen LogP contribution in [0.15, 0.2) is 35.3 Å². The fourth-order valence-electron chi connectivity index (χ4n) is 2.91. The van der Waals surface area contributed by atoms with E-state index in [-0.39, 0.29) is 0 Å². The van der Waals surface area contributed by atoms with E-state index >= 15 is 0 Å². The van der Waals surface area contributed by atoms with E-state index in [0.29, 0.717) is 6.61 Å². The van der Waals surface area contributed by atoms with E-state index in [1.54, 1.807) is 0 Å². The molecule has 0 radical (unpaired) electrons. The fourth-order valence-corrected chi connectivity index (χ4v) is 2.91. The third kappa shape index (κ3) is 1.22. The largest absolute Gasteiger partial charge is 0.488 e. The summed E-state index contributed by atoms with van der Waals surface area (Å²) in [5.74, 6) is 0.992. The van der Waals surface area contributed by atoms with E-state index in [1.807, 2.05) is 12.1 Å². The van der Waals surface area contributed by atoms with Crippen molar-refractivity contribution in [3.63, 3.8) is 0 Å². The molecule has 2 aliphatic rings. The van der Waals surface area contributed by atoms with Crippen molar-refractivity contribution < 1.29 is 4.74 Å². The number of rotatable bonds is 0. The molecule has 0 N–H and O–H groups in total. The summed E-state index contributed by atoms with van der Waals surface area (Å²) in [5, 5.41) is 0. The Labute approximate surface area is 106 Å². The van der Waals surface area contributed by atoms with Crippen LogP contribution in [0, 0.1) is 0 Å². The summed E-state index contributed by atoms with van der Waals surface area (Å²) in [6, 6.07) is 10.5. The maximum absolute atomic E-state index is 5.81. The molecular weight excluding hydrogens is 224 g/mol. The van der Waals surface area contributed by atoms with Crippen LogP contribution < -0.4 is 4.74 Å². The van der Waals surface area contributed by atoms with Gasteiger partial charge >= 0.3 is 0 Å². The lowest BCUT2D eigenvalue weighted by molar-refractivity contribution is 0.301. The quantitative estimate of drug-likeness (QED) is 0.693. The molecule has 2 aliphatic heterocycles. The average molecular weight is 238 g/mol. The summed E-state index contributed by atoms with van der Waals surface area (Å²) < 4.78 is 8.20. The topological polar surface area (TPSA) is 26.5 Å². The predicted molar refractivity (Wildman–Crippen MR) is 71.3 cm³/mol. The highest BCUT2D eigenvalue weighted by molar-refractivity contribution is 5.99. The van der Waals surface area contributed by atoms with Crippen molar-refractivity contribution >= 4 is 5.71 Å². The molecule has 3 heterocycles. The molecular formula is C15H14N2O. The van der Waals surface area contributed by atoms with Crippen molar-refractivity contribution in [2.45, 2.75) is 20.1 Å². The zero-order chi connectivity index (χ0) is 12.1. The fraction of sp³-hybridized carbons (Fsp3) is 0.267. The Balaban J connectivity index is 2.02. The molecule has 3 heteroatoms. The zero-order valence-corrected chi connectivity index (χ0v) is 10.3. The first-order valence-electron chi connectivity index (χ1n) is 6.30. The summed E-state index contributed by atoms with van der Waals surface area (Å²) in [5.41, 5.74) is 6.18. The molecule has 0 bridgehead atoms. The molecule has 0 spiro atoms. The van der Waals surface area contributed by atoms with Crippen molar-refractivity contribution in [2.75, 3.05) is 6.54 Å². The molecule has 0 atom stereocenters. The molecule has 3 nitrogen and oxygen atoms in total. The van der Waals surface area contributed by atoms with E-state index in [4.69, 9.17) is 4.74 Å². The average Bonchev–Trinajstić information content (AvgIpc) is 2.79. The van der Waals surface area contributed by atoms with E-state index in [1.165, 1.54) is 22.5 Å². The second-order valence-electron chi connectivity index (χ2n) is 4.81. The molecule has 1 aromatic carbocycles. The van der Waals surface area contributed by atoms with Crippen molar-refractivity contribution in [1.82, 2.24) is 4.57 Å². The van der Waals surface area contributed by atoms with Crippen molar-refractivity contribution in [3.8, 4) is 17.0 Å². The van der Waals surface area contributed by atoms with Gasteiger partial charge in [0, 0.05) is 17.7 Å². The van der Waals surface area contributed by atoms with Gasteiger partial charge in [-0.05, 0) is 25.1 Å². The van der Waals surface area contributed by atoms with Crippen molar-refractivity contribution in [1.29, 1.82) is 0 Å². The zero-order valence-electron chi connectivity index (χ0n) is 10.3. The van der Waals surface area contributed by atoms with Crippen LogP contribution in [0.2, 0.25) is 0 Å². The van der Waals surface area contributed by atoms with Gasteiger partial charge in [-0.15, -0.1) is 0 Å². The van der Waals surface area contributed by atoms with E-state index in [0.717, 1.165) is 24.6 Å². The third-order valence-electron chi connectivity index (χ3n) is 3.74. The van der Waals surface area contributed by atoms with Crippen LogP contribution in [-0.2, 0) is 13.2 Å². The number of para-hydroxylation sites is 1. The highest BCUT2D eigenvalue weighted by Crippen LogP contribution is 2.39. The molecule has 2 aromatic rings. The highest BCUT2D eigenvalue weighted by Gasteiger charge is 2.25. The van der Waals surface area contributed by atoms with Crippen LogP contribution in [0.4, 0.5) is 0 Å². The first-order valence-corrected chi connectivity index (χ1v) is 6.30. The molecule has 0 fully saturated rings. The van der Waals surface area contributed by atoms with Gasteiger partial charge in [0.05, 0.1) is 23.6 Å². The number of nitrogens with zero attached hydrogens (tertiary/aromatic N) is 2. The molecule has 90 valence electrons. The van der Waals surface area contributed by atoms with E-state index in [2.05, 4.69) is 34.7 Å². The summed E-state index contributed by atoms with van der Waals surface area (Å²) >= 11 is 0. The molecule has 18 heavy (non-hydrogen) atoms. The van der Waals surface area contributed by atoms with Crippen LogP contribution >= 0.6 is 0 Å². The summed E-state index contributed by atoms with van der Waals surface area (Å²) in [4.78, 5) is 4.53. The Hall–Kier alpha value is -2.03. The van der Waals surface area contributed by atoms with Gasteiger partial charge in [0.2, 0.25) is 0 Å². The molecule has 0 unspecified atom stereocenters. The Morgan fingerprint density at radius 3 is 3.11 bits per heavy atom. The van der Waals surface area contributed by atoms with Gasteiger partial charge in [-0.3, -0.25) is 4.99 Å². The Morgan fingerprint density at radius 2 is 2.17 bits per heavy atom. The van der Waals surface area contributed by atoms with Gasteiger partial charge in [0.25, 0.3) is 0 Å². The monoisotopic (exact) mass is 238 g/mol. The molecule has 1 aromatic heterocycles. The van der Waals surface area contributed by atoms with Crippen LogP contribution in [0.5, 0.6) is 5.75 Å². The van der Waals surface area contributed by atoms with Crippen LogP contribution in [0.3, 0.4) is 0 Å². The lowest BCUT2D eigenvalue weighted by Gasteiger charge is -2.22. The normalized spacial score (nSPS) is 16.2. The van der Waals surface area contributed by atoms with Gasteiger partial charge < -0.3 is 9.30 Å². The van der Waals surface area contributed by atoms with Crippen LogP contribution in [0.25, 0.3) is 11.3 Å². The minimum absolute atomic E-state index is 0.666. The summed E-state index contributed by atoms with van der Waals surface area (Å²) in [6.07, 6.45) is 0. The van der Waals surface area contributed by atoms with Crippen molar-refractivity contribution in [2.24, 2.45) is 4.99 Å². The first kappa shape index (κ1) is 9.95. The summed E-state index contributed by atoms with van der Waals surface area (Å²) in [7, 11) is 0. The van der Waals surface area contributed by atoms with Crippen molar-refractivity contribution in [3.05, 3.63) is 41.6 Å². The van der Waals surface area contributed by atoms with Crippen LogP contribution in [-0.4, -0.2) is 16.8 Å². The lowest BCUT2D eigenvalue weighted by Crippen LogP contribution is -2.17. The van der Waals surface area contributed by atoms with E-state index in [9.17, 15) is 0 Å².